The number of nitrogens with zero attached hydrogens (tertiary/aromatic N) is 2. The topological polar surface area (TPSA) is 65.5 Å². The Balaban J connectivity index is 1.57. The number of phenols is 1. The first-order valence-corrected chi connectivity index (χ1v) is 10.5. The summed E-state index contributed by atoms with van der Waals surface area (Å²) >= 11 is 0. The number of benzene rings is 1. The highest BCUT2D eigenvalue weighted by Gasteiger charge is 2.23. The number of carbonyl (C=O) groups excluding carboxylic acids is 1. The monoisotopic (exact) mass is 379 g/mol. The molecule has 2 aromatic rings. The number of likely N-dealkylation sites (tertiary alicyclic amines) is 1. The molecule has 0 unspecified atom stereocenters. The second-order valence-electron chi connectivity index (χ2n) is 7.97. The summed E-state index contributed by atoms with van der Waals surface area (Å²) < 4.78 is 0. The third-order valence-corrected chi connectivity index (χ3v) is 5.88. The molecule has 5 heteroatoms. The zero-order chi connectivity index (χ0) is 19.3. The summed E-state index contributed by atoms with van der Waals surface area (Å²) in [6, 6.07) is 9.83. The van der Waals surface area contributed by atoms with Gasteiger partial charge in [0.1, 0.15) is 5.75 Å². The lowest BCUT2D eigenvalue weighted by Crippen LogP contribution is -2.34. The lowest BCUT2D eigenvalue weighted by Gasteiger charge is -2.23. The van der Waals surface area contributed by atoms with Gasteiger partial charge in [-0.05, 0) is 81.0 Å². The molecule has 2 aliphatic rings. The number of nitrogens with one attached hydrogen (secondary N) is 1. The number of phenolic OH excluding ortho intramolecular Hbond substituents is 1. The fourth-order valence-corrected chi connectivity index (χ4v) is 4.36. The molecule has 1 aromatic carbocycles. The molecule has 3 heterocycles. The summed E-state index contributed by atoms with van der Waals surface area (Å²) in [7, 11) is 0. The van der Waals surface area contributed by atoms with E-state index in [1.54, 1.807) is 12.3 Å². The maximum Gasteiger partial charge on any atom is 0.256 e. The van der Waals surface area contributed by atoms with E-state index in [1.165, 1.54) is 19.3 Å². The molecule has 0 spiro atoms. The molecule has 1 amide bonds. The minimum absolute atomic E-state index is 0.0388. The van der Waals surface area contributed by atoms with E-state index in [0.717, 1.165) is 56.4 Å². The highest BCUT2D eigenvalue weighted by molar-refractivity contribution is 6.00. The van der Waals surface area contributed by atoms with E-state index in [-0.39, 0.29) is 11.7 Å². The van der Waals surface area contributed by atoms with Gasteiger partial charge in [-0.2, -0.15) is 0 Å². The van der Waals surface area contributed by atoms with Crippen LogP contribution in [0.3, 0.4) is 0 Å². The molecule has 0 radical (unpaired) electrons. The highest BCUT2D eigenvalue weighted by atomic mass is 16.3. The van der Waals surface area contributed by atoms with Crippen LogP contribution < -0.4 is 5.32 Å². The summed E-state index contributed by atoms with van der Waals surface area (Å²) in [4.78, 5) is 19.4. The molecular formula is C23H29N3O2. The molecule has 4 rings (SSSR count). The van der Waals surface area contributed by atoms with Crippen molar-refractivity contribution in [3.8, 4) is 17.0 Å². The third-order valence-electron chi connectivity index (χ3n) is 5.88. The summed E-state index contributed by atoms with van der Waals surface area (Å²) in [6.45, 7) is 2.73. The number of rotatable bonds is 5. The number of aromatic hydroxyl groups is 1. The van der Waals surface area contributed by atoms with Crippen molar-refractivity contribution in [2.75, 3.05) is 19.6 Å². The molecular weight excluding hydrogens is 350 g/mol. The van der Waals surface area contributed by atoms with Crippen LogP contribution in [-0.4, -0.2) is 46.6 Å². The molecule has 5 nitrogen and oxygen atoms in total. The standard InChI is InChI=1S/C23H29N3O2/c27-20-15-17(8-9-19-6-1-2-10-24-19)14-18(16-20)22-21(7-5-11-25-22)23(28)26-12-3-4-13-26/h5,7,11,14-16,19,24,27H,1-4,6,8-10,12-13H2/t19-/m1/s1. The predicted octanol–water partition coefficient (Wildman–Crippen LogP) is 3.76. The van der Waals surface area contributed by atoms with Gasteiger partial charge >= 0.3 is 0 Å². The molecule has 1 aromatic heterocycles. The molecule has 2 N–H and O–H groups in total. The quantitative estimate of drug-likeness (QED) is 0.830. The zero-order valence-electron chi connectivity index (χ0n) is 16.4. The van der Waals surface area contributed by atoms with Crippen molar-refractivity contribution in [1.82, 2.24) is 15.2 Å². The van der Waals surface area contributed by atoms with Crippen molar-refractivity contribution in [1.29, 1.82) is 0 Å². The van der Waals surface area contributed by atoms with Crippen LogP contribution in [0.4, 0.5) is 0 Å². The Bertz CT molecular complexity index is 824. The zero-order valence-corrected chi connectivity index (χ0v) is 16.4. The first kappa shape index (κ1) is 18.9. The number of aromatic nitrogens is 1. The lowest BCUT2D eigenvalue weighted by atomic mass is 9.96. The van der Waals surface area contributed by atoms with Crippen molar-refractivity contribution >= 4 is 5.91 Å². The van der Waals surface area contributed by atoms with Gasteiger partial charge in [0.25, 0.3) is 5.91 Å². The fraction of sp³-hybridized carbons (Fsp3) is 0.478. The largest absolute Gasteiger partial charge is 0.508 e. The molecule has 2 saturated heterocycles. The van der Waals surface area contributed by atoms with Crippen molar-refractivity contribution in [3.63, 3.8) is 0 Å². The van der Waals surface area contributed by atoms with Gasteiger partial charge < -0.3 is 15.3 Å². The maximum absolute atomic E-state index is 13.0. The second kappa shape index (κ2) is 8.74. The Morgan fingerprint density at radius 3 is 2.82 bits per heavy atom. The van der Waals surface area contributed by atoms with E-state index in [2.05, 4.69) is 16.4 Å². The summed E-state index contributed by atoms with van der Waals surface area (Å²) in [5.41, 5.74) is 3.18. The Morgan fingerprint density at radius 2 is 2.04 bits per heavy atom. The van der Waals surface area contributed by atoms with Crippen molar-refractivity contribution in [3.05, 3.63) is 47.7 Å². The minimum Gasteiger partial charge on any atom is -0.508 e. The van der Waals surface area contributed by atoms with Crippen LogP contribution in [0.25, 0.3) is 11.3 Å². The van der Waals surface area contributed by atoms with Gasteiger partial charge in [0.05, 0.1) is 11.3 Å². The second-order valence-corrected chi connectivity index (χ2v) is 7.97. The Labute approximate surface area is 166 Å². The molecule has 2 aliphatic heterocycles. The third kappa shape index (κ3) is 4.36. The highest BCUT2D eigenvalue weighted by Crippen LogP contribution is 2.29. The Kier molecular flexibility index (Phi) is 5.91. The van der Waals surface area contributed by atoms with Gasteiger partial charge in [0, 0.05) is 30.9 Å². The average Bonchev–Trinajstić information content (AvgIpc) is 3.27. The summed E-state index contributed by atoms with van der Waals surface area (Å²) in [6.07, 6.45) is 9.58. The van der Waals surface area contributed by atoms with E-state index in [0.29, 0.717) is 17.3 Å². The van der Waals surface area contributed by atoms with Crippen LogP contribution in [0.5, 0.6) is 5.75 Å². The molecule has 28 heavy (non-hydrogen) atoms. The number of amides is 1. The Morgan fingerprint density at radius 1 is 1.18 bits per heavy atom. The lowest BCUT2D eigenvalue weighted by molar-refractivity contribution is 0.0793. The van der Waals surface area contributed by atoms with Crippen molar-refractivity contribution < 1.29 is 9.90 Å². The van der Waals surface area contributed by atoms with E-state index in [9.17, 15) is 9.90 Å². The first-order chi connectivity index (χ1) is 13.7. The molecule has 0 bridgehead atoms. The fourth-order valence-electron chi connectivity index (χ4n) is 4.36. The summed E-state index contributed by atoms with van der Waals surface area (Å²) in [5, 5.41) is 13.9. The van der Waals surface area contributed by atoms with Gasteiger partial charge in [-0.25, -0.2) is 0 Å². The maximum atomic E-state index is 13.0. The van der Waals surface area contributed by atoms with Gasteiger partial charge in [-0.15, -0.1) is 0 Å². The van der Waals surface area contributed by atoms with Crippen molar-refractivity contribution in [2.24, 2.45) is 0 Å². The van der Waals surface area contributed by atoms with Crippen molar-refractivity contribution in [2.45, 2.75) is 51.0 Å². The van der Waals surface area contributed by atoms with Crippen LogP contribution in [0.2, 0.25) is 0 Å². The number of hydrogen-bond acceptors (Lipinski definition) is 4. The van der Waals surface area contributed by atoms with E-state index >= 15 is 0 Å². The number of carbonyl (C=O) groups is 1. The number of hydrogen-bond donors (Lipinski definition) is 2. The Hall–Kier alpha value is -2.40. The minimum atomic E-state index is 0.0388. The van der Waals surface area contributed by atoms with Gasteiger partial charge in [0.2, 0.25) is 0 Å². The SMILES string of the molecule is O=C(c1cccnc1-c1cc(O)cc(CC[C@H]2CCCCN2)c1)N1CCCC1. The van der Waals surface area contributed by atoms with Crippen LogP contribution in [-0.2, 0) is 6.42 Å². The van der Waals surface area contributed by atoms with E-state index in [1.807, 2.05) is 23.1 Å². The van der Waals surface area contributed by atoms with Gasteiger partial charge in [-0.3, -0.25) is 9.78 Å². The molecule has 0 saturated carbocycles. The molecule has 0 aliphatic carbocycles. The van der Waals surface area contributed by atoms with Crippen LogP contribution in [0.15, 0.2) is 36.5 Å². The van der Waals surface area contributed by atoms with Crippen LogP contribution >= 0.6 is 0 Å². The molecule has 2 fully saturated rings. The first-order valence-electron chi connectivity index (χ1n) is 10.5. The number of piperidine rings is 1. The van der Waals surface area contributed by atoms with E-state index < -0.39 is 0 Å². The average molecular weight is 380 g/mol. The smallest absolute Gasteiger partial charge is 0.256 e. The number of pyridine rings is 1. The van der Waals surface area contributed by atoms with E-state index in [4.69, 9.17) is 0 Å². The van der Waals surface area contributed by atoms with Crippen LogP contribution in [0, 0.1) is 0 Å². The van der Waals surface area contributed by atoms with Gasteiger partial charge in [0.15, 0.2) is 0 Å². The van der Waals surface area contributed by atoms with Crippen LogP contribution in [0.1, 0.15) is 54.4 Å². The molecule has 148 valence electrons. The number of aryl methyl sites for hydroxylation is 1. The normalized spacial score (nSPS) is 19.7. The molecule has 1 atom stereocenters. The predicted molar refractivity (Wildman–Crippen MR) is 110 cm³/mol. The summed E-state index contributed by atoms with van der Waals surface area (Å²) in [5.74, 6) is 0.270. The van der Waals surface area contributed by atoms with Gasteiger partial charge in [-0.1, -0.05) is 6.42 Å².